The summed E-state index contributed by atoms with van der Waals surface area (Å²) in [5, 5.41) is 11.8. The summed E-state index contributed by atoms with van der Waals surface area (Å²) in [4.78, 5) is 37.8. The van der Waals surface area contributed by atoms with E-state index in [-0.39, 0.29) is 46.9 Å². The number of esters is 2. The Kier molecular flexibility index (Phi) is 9.70. The van der Waals surface area contributed by atoms with E-state index in [2.05, 4.69) is 15.5 Å². The fourth-order valence-corrected chi connectivity index (χ4v) is 5.27. The van der Waals surface area contributed by atoms with Crippen molar-refractivity contribution in [1.29, 1.82) is 0 Å². The van der Waals surface area contributed by atoms with E-state index >= 15 is 0 Å². The fourth-order valence-electron chi connectivity index (χ4n) is 3.43. The highest BCUT2D eigenvalue weighted by atomic mass is 32.2. The van der Waals surface area contributed by atoms with E-state index in [0.29, 0.717) is 16.5 Å². The highest BCUT2D eigenvalue weighted by molar-refractivity contribution is 7.99. The molecule has 0 aliphatic carbocycles. The summed E-state index contributed by atoms with van der Waals surface area (Å²) in [7, 11) is 1.80. The van der Waals surface area contributed by atoms with Crippen molar-refractivity contribution in [2.24, 2.45) is 7.05 Å². The molecule has 12 heteroatoms. The number of carbonyl (C=O) groups excluding carboxylic acids is 3. The van der Waals surface area contributed by atoms with E-state index in [4.69, 9.17) is 14.2 Å². The van der Waals surface area contributed by atoms with Gasteiger partial charge in [0.15, 0.2) is 11.0 Å². The highest BCUT2D eigenvalue weighted by Gasteiger charge is 2.27. The lowest BCUT2D eigenvalue weighted by atomic mass is 10.1. The number of thioether (sulfide) groups is 1. The van der Waals surface area contributed by atoms with Gasteiger partial charge >= 0.3 is 11.9 Å². The van der Waals surface area contributed by atoms with Gasteiger partial charge in [0.05, 0.1) is 24.5 Å². The average Bonchev–Trinajstić information content (AvgIpc) is 3.36. The van der Waals surface area contributed by atoms with Crippen molar-refractivity contribution in [3.8, 4) is 5.75 Å². The molecule has 0 unspecified atom stereocenters. The maximum Gasteiger partial charge on any atom is 0.348 e. The Balaban J connectivity index is 1.66. The maximum absolute atomic E-state index is 12.8. The van der Waals surface area contributed by atoms with E-state index < -0.39 is 11.9 Å². The third kappa shape index (κ3) is 6.89. The second-order valence-corrected chi connectivity index (χ2v) is 10.0. The number of nitrogens with one attached hydrogen (secondary N) is 1. The molecule has 198 valence electrons. The minimum Gasteiger partial charge on any atom is -0.485 e. The van der Waals surface area contributed by atoms with E-state index in [1.807, 2.05) is 32.0 Å². The van der Waals surface area contributed by atoms with Crippen molar-refractivity contribution < 1.29 is 28.6 Å². The largest absolute Gasteiger partial charge is 0.485 e. The summed E-state index contributed by atoms with van der Waals surface area (Å²) in [6.07, 6.45) is 0. The predicted molar refractivity (Wildman–Crippen MR) is 142 cm³/mol. The van der Waals surface area contributed by atoms with Crippen molar-refractivity contribution in [2.75, 3.05) is 24.3 Å². The molecule has 0 saturated carbocycles. The summed E-state index contributed by atoms with van der Waals surface area (Å²) >= 11 is 2.18. The van der Waals surface area contributed by atoms with Crippen LogP contribution in [0.3, 0.4) is 0 Å². The molecule has 0 saturated heterocycles. The number of hydrogen-bond donors (Lipinski definition) is 1. The molecule has 1 N–H and O–H groups in total. The monoisotopic (exact) mass is 546 g/mol. The molecule has 2 aromatic heterocycles. The van der Waals surface area contributed by atoms with E-state index in [1.54, 1.807) is 32.4 Å². The Morgan fingerprint density at radius 1 is 1.05 bits per heavy atom. The molecule has 0 fully saturated rings. The summed E-state index contributed by atoms with van der Waals surface area (Å²) in [5.74, 6) is -0.147. The van der Waals surface area contributed by atoms with Crippen LogP contribution in [0.25, 0.3) is 0 Å². The smallest absolute Gasteiger partial charge is 0.348 e. The standard InChI is InChI=1S/C25H30N4O6S2/c1-7-33-23(31)20-16(5)21(24(32)34-8-2)37-22(20)26-19(30)13-36-25-28-27-18(29(25)6)12-35-17-10-9-14(3)11-15(17)4/h9-11H,7-8,12-13H2,1-6H3,(H,26,30). The summed E-state index contributed by atoms with van der Waals surface area (Å²) in [6.45, 7) is 9.59. The first-order valence-electron chi connectivity index (χ1n) is 11.6. The second kappa shape index (κ2) is 12.7. The average molecular weight is 547 g/mol. The molecule has 10 nitrogen and oxygen atoms in total. The van der Waals surface area contributed by atoms with Crippen LogP contribution >= 0.6 is 23.1 Å². The lowest BCUT2D eigenvalue weighted by molar-refractivity contribution is -0.113. The van der Waals surface area contributed by atoms with E-state index in [1.165, 1.54) is 11.8 Å². The van der Waals surface area contributed by atoms with Gasteiger partial charge in [-0.1, -0.05) is 29.5 Å². The van der Waals surface area contributed by atoms with Gasteiger partial charge < -0.3 is 24.1 Å². The van der Waals surface area contributed by atoms with Gasteiger partial charge in [0.2, 0.25) is 5.91 Å². The highest BCUT2D eigenvalue weighted by Crippen LogP contribution is 2.34. The molecule has 3 rings (SSSR count). The zero-order valence-electron chi connectivity index (χ0n) is 21.7. The third-order valence-electron chi connectivity index (χ3n) is 5.28. The van der Waals surface area contributed by atoms with Crippen LogP contribution in [0.1, 0.15) is 56.4 Å². The molecule has 0 bridgehead atoms. The van der Waals surface area contributed by atoms with Crippen molar-refractivity contribution >= 4 is 45.9 Å². The molecule has 0 atom stereocenters. The van der Waals surface area contributed by atoms with Crippen molar-refractivity contribution in [3.63, 3.8) is 0 Å². The third-order valence-corrected chi connectivity index (χ3v) is 7.49. The number of benzene rings is 1. The van der Waals surface area contributed by atoms with Crippen LogP contribution in [0.5, 0.6) is 5.75 Å². The lowest BCUT2D eigenvalue weighted by Crippen LogP contribution is -2.17. The minimum atomic E-state index is -0.614. The molecule has 37 heavy (non-hydrogen) atoms. The van der Waals surface area contributed by atoms with Gasteiger partial charge in [-0.3, -0.25) is 4.79 Å². The zero-order valence-corrected chi connectivity index (χ0v) is 23.3. The minimum absolute atomic E-state index is 0.0118. The molecule has 0 radical (unpaired) electrons. The number of rotatable bonds is 11. The predicted octanol–water partition coefficient (Wildman–Crippen LogP) is 4.47. The number of thiophene rings is 1. The first-order chi connectivity index (χ1) is 17.7. The molecule has 0 aliphatic rings. The maximum atomic E-state index is 12.8. The number of anilines is 1. The lowest BCUT2D eigenvalue weighted by Gasteiger charge is -2.10. The summed E-state index contributed by atoms with van der Waals surface area (Å²) in [6, 6.07) is 5.95. The Hall–Kier alpha value is -3.38. The van der Waals surface area contributed by atoms with E-state index in [0.717, 1.165) is 28.2 Å². The molecule has 1 amide bonds. The number of carbonyl (C=O) groups is 3. The number of ether oxygens (including phenoxy) is 3. The molecule has 0 aliphatic heterocycles. The van der Waals surface area contributed by atoms with Crippen LogP contribution < -0.4 is 10.1 Å². The van der Waals surface area contributed by atoms with Gasteiger partial charge in [-0.05, 0) is 51.8 Å². The fraction of sp³-hybridized carbons (Fsp3) is 0.400. The van der Waals surface area contributed by atoms with Gasteiger partial charge in [0.25, 0.3) is 0 Å². The Labute approximate surface area is 223 Å². The molecule has 2 heterocycles. The van der Waals surface area contributed by atoms with Gasteiger partial charge in [-0.2, -0.15) is 0 Å². The quantitative estimate of drug-likeness (QED) is 0.274. The molecule has 0 spiro atoms. The molecule has 3 aromatic rings. The second-order valence-electron chi connectivity index (χ2n) is 8.05. The van der Waals surface area contributed by atoms with Gasteiger partial charge in [-0.15, -0.1) is 21.5 Å². The molecule has 1 aromatic carbocycles. The summed E-state index contributed by atoms with van der Waals surface area (Å²) in [5.41, 5.74) is 2.75. The van der Waals surface area contributed by atoms with Crippen LogP contribution in [0.4, 0.5) is 5.00 Å². The topological polar surface area (TPSA) is 122 Å². The normalized spacial score (nSPS) is 10.8. The van der Waals surface area contributed by atoms with Crippen LogP contribution in [0, 0.1) is 20.8 Å². The Morgan fingerprint density at radius 3 is 2.43 bits per heavy atom. The van der Waals surface area contributed by atoms with Gasteiger partial charge in [-0.25, -0.2) is 9.59 Å². The van der Waals surface area contributed by atoms with E-state index in [9.17, 15) is 14.4 Å². The SMILES string of the molecule is CCOC(=O)c1sc(NC(=O)CSc2nnc(COc3ccc(C)cc3C)n2C)c(C(=O)OCC)c1C. The molecular formula is C25H30N4O6S2. The van der Waals surface area contributed by atoms with Crippen molar-refractivity contribution in [1.82, 2.24) is 14.8 Å². The van der Waals surface area contributed by atoms with Gasteiger partial charge in [0.1, 0.15) is 22.2 Å². The summed E-state index contributed by atoms with van der Waals surface area (Å²) < 4.78 is 17.9. The van der Waals surface area contributed by atoms with Crippen molar-refractivity contribution in [2.45, 2.75) is 46.4 Å². The molecular weight excluding hydrogens is 516 g/mol. The number of aryl methyl sites for hydroxylation is 2. The number of nitrogens with zero attached hydrogens (tertiary/aromatic N) is 3. The first-order valence-corrected chi connectivity index (χ1v) is 13.4. The zero-order chi connectivity index (χ0) is 27.1. The Morgan fingerprint density at radius 2 is 1.76 bits per heavy atom. The van der Waals surface area contributed by atoms with Crippen LogP contribution in [-0.2, 0) is 27.9 Å². The Bertz CT molecular complexity index is 1300. The number of hydrogen-bond acceptors (Lipinski definition) is 10. The van der Waals surface area contributed by atoms with Crippen LogP contribution in [-0.4, -0.2) is 51.6 Å². The van der Waals surface area contributed by atoms with Crippen LogP contribution in [0.15, 0.2) is 23.4 Å². The number of amides is 1. The van der Waals surface area contributed by atoms with Crippen molar-refractivity contribution in [3.05, 3.63) is 51.2 Å². The first kappa shape index (κ1) is 28.2. The van der Waals surface area contributed by atoms with Gasteiger partial charge in [0, 0.05) is 7.05 Å². The number of aromatic nitrogens is 3. The van der Waals surface area contributed by atoms with Crippen LogP contribution in [0.2, 0.25) is 0 Å².